The predicted molar refractivity (Wildman–Crippen MR) is 132 cm³/mol. The molecule has 6 nitrogen and oxygen atoms in total. The number of amides is 1. The van der Waals surface area contributed by atoms with Crippen LogP contribution in [0.15, 0.2) is 18.2 Å². The van der Waals surface area contributed by atoms with Crippen molar-refractivity contribution >= 4 is 5.91 Å². The quantitative estimate of drug-likeness (QED) is 0.501. The van der Waals surface area contributed by atoms with Gasteiger partial charge >= 0.3 is 0 Å². The summed E-state index contributed by atoms with van der Waals surface area (Å²) in [4.78, 5) is 15.3. The maximum absolute atomic E-state index is 13.0. The zero-order chi connectivity index (χ0) is 23.8. The van der Waals surface area contributed by atoms with Gasteiger partial charge in [-0.2, -0.15) is 0 Å². The number of rotatable bonds is 11. The Hall–Kier alpha value is -1.79. The van der Waals surface area contributed by atoms with Crippen molar-refractivity contribution in [3.05, 3.63) is 23.8 Å². The molecular weight excluding hydrogens is 416 g/mol. The number of nitrogens with zero attached hydrogens (tertiary/aromatic N) is 1. The van der Waals surface area contributed by atoms with Gasteiger partial charge in [-0.25, -0.2) is 0 Å². The number of unbranched alkanes of at least 4 members (excludes halogenated alkanes) is 1. The average Bonchev–Trinajstić information content (AvgIpc) is 2.83. The molecule has 0 bridgehead atoms. The number of likely N-dealkylation sites (tertiary alicyclic amines) is 1. The predicted octanol–water partition coefficient (Wildman–Crippen LogP) is 4.70. The number of methoxy groups -OCH3 is 2. The van der Waals surface area contributed by atoms with Gasteiger partial charge in [0.2, 0.25) is 5.91 Å². The summed E-state index contributed by atoms with van der Waals surface area (Å²) in [5.74, 6) is 2.19. The van der Waals surface area contributed by atoms with E-state index in [4.69, 9.17) is 9.47 Å². The molecule has 4 atom stereocenters. The molecule has 0 aromatic heterocycles. The van der Waals surface area contributed by atoms with Crippen LogP contribution >= 0.6 is 0 Å². The molecule has 2 N–H and O–H groups in total. The smallest absolute Gasteiger partial charge is 0.234 e. The molecule has 3 rings (SSSR count). The average molecular weight is 461 g/mol. The van der Waals surface area contributed by atoms with E-state index in [-0.39, 0.29) is 17.9 Å². The van der Waals surface area contributed by atoms with Crippen LogP contribution in [0.4, 0.5) is 0 Å². The fourth-order valence-corrected chi connectivity index (χ4v) is 5.84. The fraction of sp³-hybridized carbons (Fsp3) is 0.741. The van der Waals surface area contributed by atoms with Crippen molar-refractivity contribution in [1.82, 2.24) is 10.2 Å². The van der Waals surface area contributed by atoms with Crippen LogP contribution in [0, 0.1) is 11.8 Å². The minimum atomic E-state index is -0.672. The molecular formula is C27H44N2O4. The summed E-state index contributed by atoms with van der Waals surface area (Å²) in [6.07, 6.45) is 9.34. The lowest BCUT2D eigenvalue weighted by Gasteiger charge is -2.52. The molecule has 1 saturated carbocycles. The number of aliphatic hydroxyl groups is 1. The Bertz CT molecular complexity index is 770. The van der Waals surface area contributed by atoms with Crippen molar-refractivity contribution in [2.75, 3.05) is 33.9 Å². The molecule has 2 fully saturated rings. The molecule has 1 aromatic rings. The van der Waals surface area contributed by atoms with Crippen molar-refractivity contribution in [2.24, 2.45) is 11.8 Å². The third-order valence-electron chi connectivity index (χ3n) is 7.91. The molecule has 1 aromatic carbocycles. The molecule has 1 amide bonds. The molecule has 1 aliphatic carbocycles. The number of carbonyl (C=O) groups excluding carboxylic acids is 1. The van der Waals surface area contributed by atoms with Crippen molar-refractivity contribution in [2.45, 2.75) is 83.3 Å². The van der Waals surface area contributed by atoms with Crippen molar-refractivity contribution in [3.63, 3.8) is 0 Å². The van der Waals surface area contributed by atoms with E-state index in [1.165, 1.54) is 12.8 Å². The Morgan fingerprint density at radius 3 is 2.76 bits per heavy atom. The summed E-state index contributed by atoms with van der Waals surface area (Å²) >= 11 is 0. The minimum Gasteiger partial charge on any atom is -0.497 e. The van der Waals surface area contributed by atoms with Gasteiger partial charge in [-0.05, 0) is 37.7 Å². The molecule has 2 aliphatic rings. The number of piperidine rings is 1. The van der Waals surface area contributed by atoms with Gasteiger partial charge in [0, 0.05) is 36.7 Å². The summed E-state index contributed by atoms with van der Waals surface area (Å²) < 4.78 is 11.2. The first-order valence-corrected chi connectivity index (χ1v) is 12.9. The Morgan fingerprint density at radius 2 is 2.06 bits per heavy atom. The van der Waals surface area contributed by atoms with E-state index in [0.717, 1.165) is 62.1 Å². The highest BCUT2D eigenvalue weighted by Gasteiger charge is 2.49. The lowest BCUT2D eigenvalue weighted by molar-refractivity contribution is -0.138. The van der Waals surface area contributed by atoms with E-state index in [1.54, 1.807) is 14.2 Å². The standard InChI is InChI=1S/C27H44N2O4/c1-5-7-10-20(6-2)18-28-25(30)19-29-16-15-27(31)14-9-8-11-23(27)26(29)22-13-12-21(32-3)17-24(22)33-4/h12-13,17,20,23,26,31H,5-11,14-16,18-19H2,1-4H3,(H,28,30)/t20-,23+,26+,27-/m1/s1. The van der Waals surface area contributed by atoms with Crippen molar-refractivity contribution < 1.29 is 19.4 Å². The maximum Gasteiger partial charge on any atom is 0.234 e. The van der Waals surface area contributed by atoms with Gasteiger partial charge in [-0.15, -0.1) is 0 Å². The second kappa shape index (κ2) is 12.1. The van der Waals surface area contributed by atoms with Crippen molar-refractivity contribution in [3.8, 4) is 11.5 Å². The van der Waals surface area contributed by atoms with Gasteiger partial charge in [-0.3, -0.25) is 9.69 Å². The lowest BCUT2D eigenvalue weighted by atomic mass is 9.66. The highest BCUT2D eigenvalue weighted by molar-refractivity contribution is 5.78. The van der Waals surface area contributed by atoms with Crippen LogP contribution in [0.5, 0.6) is 11.5 Å². The first-order valence-electron chi connectivity index (χ1n) is 12.9. The van der Waals surface area contributed by atoms with Crippen molar-refractivity contribution in [1.29, 1.82) is 0 Å². The second-order valence-electron chi connectivity index (χ2n) is 9.95. The number of nitrogens with one attached hydrogen (secondary N) is 1. The third kappa shape index (κ3) is 6.21. The Kier molecular flexibility index (Phi) is 9.45. The van der Waals surface area contributed by atoms with Crippen LogP contribution in [0.25, 0.3) is 0 Å². The molecule has 0 radical (unpaired) electrons. The second-order valence-corrected chi connectivity index (χ2v) is 9.95. The molecule has 0 unspecified atom stereocenters. The molecule has 0 spiro atoms. The topological polar surface area (TPSA) is 71.0 Å². The van der Waals surface area contributed by atoms with E-state index in [1.807, 2.05) is 18.2 Å². The first-order chi connectivity index (χ1) is 16.0. The Labute approximate surface area is 200 Å². The molecule has 1 heterocycles. The molecule has 1 saturated heterocycles. The summed E-state index contributed by atoms with van der Waals surface area (Å²) in [7, 11) is 3.32. The van der Waals surface area contributed by atoms with E-state index >= 15 is 0 Å². The fourth-order valence-electron chi connectivity index (χ4n) is 5.84. The normalized spacial score (nSPS) is 26.3. The minimum absolute atomic E-state index is 0.0577. The Morgan fingerprint density at radius 1 is 1.24 bits per heavy atom. The maximum atomic E-state index is 13.0. The zero-order valence-corrected chi connectivity index (χ0v) is 21.1. The van der Waals surface area contributed by atoms with E-state index in [2.05, 4.69) is 24.1 Å². The van der Waals surface area contributed by atoms with Gasteiger partial charge in [0.25, 0.3) is 0 Å². The molecule has 186 valence electrons. The number of hydrogen-bond acceptors (Lipinski definition) is 5. The molecule has 1 aliphatic heterocycles. The highest BCUT2D eigenvalue weighted by atomic mass is 16.5. The van der Waals surface area contributed by atoms with Crippen LogP contribution in [0.1, 0.15) is 83.2 Å². The SMILES string of the molecule is CCCC[C@@H](CC)CNC(=O)CN1CC[C@]2(O)CCCC[C@H]2[C@@H]1c1ccc(OC)cc1OC. The highest BCUT2D eigenvalue weighted by Crippen LogP contribution is 2.51. The number of hydrogen-bond donors (Lipinski definition) is 2. The van der Waals surface area contributed by atoms with Crippen LogP contribution in [-0.2, 0) is 4.79 Å². The van der Waals surface area contributed by atoms with Crippen LogP contribution in [0.2, 0.25) is 0 Å². The van der Waals surface area contributed by atoms with Gasteiger partial charge in [-0.1, -0.05) is 52.0 Å². The largest absolute Gasteiger partial charge is 0.497 e. The summed E-state index contributed by atoms with van der Waals surface area (Å²) in [5.41, 5.74) is 0.361. The van der Waals surface area contributed by atoms with Gasteiger partial charge in [0.1, 0.15) is 11.5 Å². The van der Waals surface area contributed by atoms with Gasteiger partial charge < -0.3 is 19.9 Å². The van der Waals surface area contributed by atoms with Gasteiger partial charge in [0.15, 0.2) is 0 Å². The summed E-state index contributed by atoms with van der Waals surface area (Å²) in [6.45, 7) is 6.20. The Balaban J connectivity index is 1.80. The number of fused-ring (bicyclic) bond motifs is 1. The number of benzene rings is 1. The van der Waals surface area contributed by atoms with E-state index in [0.29, 0.717) is 25.4 Å². The van der Waals surface area contributed by atoms with E-state index in [9.17, 15) is 9.90 Å². The van der Waals surface area contributed by atoms with Crippen LogP contribution < -0.4 is 14.8 Å². The summed E-state index contributed by atoms with van der Waals surface area (Å²) in [5, 5.41) is 14.7. The monoisotopic (exact) mass is 460 g/mol. The molecule has 6 heteroatoms. The number of ether oxygens (including phenoxy) is 2. The number of carbonyl (C=O) groups is 1. The van der Waals surface area contributed by atoms with Crippen LogP contribution in [0.3, 0.4) is 0 Å². The summed E-state index contributed by atoms with van der Waals surface area (Å²) in [6, 6.07) is 5.85. The first kappa shape index (κ1) is 25.8. The van der Waals surface area contributed by atoms with Gasteiger partial charge in [0.05, 0.1) is 26.4 Å². The molecule has 33 heavy (non-hydrogen) atoms. The lowest BCUT2D eigenvalue weighted by Crippen LogP contribution is -2.56. The van der Waals surface area contributed by atoms with Crippen LogP contribution in [-0.4, -0.2) is 55.4 Å². The zero-order valence-electron chi connectivity index (χ0n) is 21.1. The van der Waals surface area contributed by atoms with E-state index < -0.39 is 5.60 Å². The third-order valence-corrected chi connectivity index (χ3v) is 7.91.